The van der Waals surface area contributed by atoms with Crippen LogP contribution in [0.2, 0.25) is 0 Å². The Kier molecular flexibility index (Phi) is 6.08. The van der Waals surface area contributed by atoms with E-state index in [0.717, 1.165) is 27.3 Å². The summed E-state index contributed by atoms with van der Waals surface area (Å²) in [5.74, 6) is -0.343. The van der Waals surface area contributed by atoms with Crippen molar-refractivity contribution in [2.24, 2.45) is 0 Å². The molecule has 0 aromatic heterocycles. The fourth-order valence-electron chi connectivity index (χ4n) is 2.85. The van der Waals surface area contributed by atoms with Crippen LogP contribution in [0.15, 0.2) is 48.5 Å². The molecule has 140 valence electrons. The van der Waals surface area contributed by atoms with E-state index in [0.29, 0.717) is 5.69 Å². The van der Waals surface area contributed by atoms with E-state index in [-0.39, 0.29) is 11.9 Å². The molecule has 0 fully saturated rings. The molecule has 0 radical (unpaired) electrons. The quantitative estimate of drug-likeness (QED) is 0.843. The van der Waals surface area contributed by atoms with Crippen LogP contribution in [0.4, 0.5) is 5.69 Å². The zero-order valence-corrected chi connectivity index (χ0v) is 16.7. The lowest BCUT2D eigenvalue weighted by Gasteiger charge is -2.29. The van der Waals surface area contributed by atoms with Gasteiger partial charge in [-0.1, -0.05) is 42.0 Å². The monoisotopic (exact) mass is 374 g/mol. The smallest absolute Gasteiger partial charge is 0.244 e. The number of benzene rings is 2. The maximum Gasteiger partial charge on any atom is 0.244 e. The predicted octanol–water partition coefficient (Wildman–Crippen LogP) is 3.34. The van der Waals surface area contributed by atoms with E-state index >= 15 is 0 Å². The van der Waals surface area contributed by atoms with Crippen molar-refractivity contribution in [1.82, 2.24) is 5.32 Å². The van der Waals surface area contributed by atoms with Crippen LogP contribution >= 0.6 is 0 Å². The molecule has 26 heavy (non-hydrogen) atoms. The molecule has 0 aliphatic carbocycles. The first-order valence-electron chi connectivity index (χ1n) is 8.52. The van der Waals surface area contributed by atoms with Gasteiger partial charge in [0.2, 0.25) is 15.9 Å². The zero-order chi connectivity index (χ0) is 19.5. The van der Waals surface area contributed by atoms with Crippen molar-refractivity contribution in [3.63, 3.8) is 0 Å². The van der Waals surface area contributed by atoms with Crippen molar-refractivity contribution >= 4 is 21.6 Å². The first-order chi connectivity index (χ1) is 12.1. The second kappa shape index (κ2) is 7.91. The number of nitrogens with one attached hydrogen (secondary N) is 1. The number of sulfonamides is 1. The zero-order valence-electron chi connectivity index (χ0n) is 15.9. The molecule has 0 saturated heterocycles. The van der Waals surface area contributed by atoms with Gasteiger partial charge in [-0.25, -0.2) is 8.42 Å². The molecule has 0 bridgehead atoms. The lowest BCUT2D eigenvalue weighted by molar-refractivity contribution is -0.122. The van der Waals surface area contributed by atoms with Gasteiger partial charge in [0.05, 0.1) is 18.0 Å². The fourth-order valence-corrected chi connectivity index (χ4v) is 4.01. The normalized spacial score (nSPS) is 13.7. The van der Waals surface area contributed by atoms with Crippen LogP contribution in [-0.2, 0) is 14.8 Å². The molecule has 2 atom stereocenters. The molecular weight excluding hydrogens is 348 g/mol. The number of rotatable bonds is 6. The van der Waals surface area contributed by atoms with Gasteiger partial charge < -0.3 is 5.32 Å². The van der Waals surface area contributed by atoms with Gasteiger partial charge in [-0.15, -0.1) is 0 Å². The van der Waals surface area contributed by atoms with Crippen molar-refractivity contribution in [1.29, 1.82) is 0 Å². The lowest BCUT2D eigenvalue weighted by atomic mass is 10.1. The molecule has 2 aromatic rings. The van der Waals surface area contributed by atoms with E-state index < -0.39 is 16.1 Å². The highest BCUT2D eigenvalue weighted by Crippen LogP contribution is 2.22. The molecular formula is C20H26N2O3S. The largest absolute Gasteiger partial charge is 0.348 e. The lowest BCUT2D eigenvalue weighted by Crippen LogP contribution is -2.48. The number of amides is 1. The molecule has 6 heteroatoms. The van der Waals surface area contributed by atoms with Gasteiger partial charge >= 0.3 is 0 Å². The summed E-state index contributed by atoms with van der Waals surface area (Å²) in [5.41, 5.74) is 3.52. The minimum atomic E-state index is -3.61. The summed E-state index contributed by atoms with van der Waals surface area (Å²) in [4.78, 5) is 12.7. The van der Waals surface area contributed by atoms with Crippen molar-refractivity contribution in [3.05, 3.63) is 65.2 Å². The number of anilines is 1. The summed E-state index contributed by atoms with van der Waals surface area (Å²) in [5, 5.41) is 2.91. The van der Waals surface area contributed by atoms with Crippen LogP contribution in [0, 0.1) is 13.8 Å². The molecule has 2 rings (SSSR count). The Hall–Kier alpha value is -2.34. The number of carbonyl (C=O) groups is 1. The van der Waals surface area contributed by atoms with Crippen LogP contribution in [0.25, 0.3) is 0 Å². The van der Waals surface area contributed by atoms with E-state index in [9.17, 15) is 13.2 Å². The highest BCUT2D eigenvalue weighted by molar-refractivity contribution is 7.92. The van der Waals surface area contributed by atoms with Gasteiger partial charge in [-0.05, 0) is 51.0 Å². The van der Waals surface area contributed by atoms with Crippen LogP contribution in [-0.4, -0.2) is 26.6 Å². The van der Waals surface area contributed by atoms with Crippen molar-refractivity contribution < 1.29 is 13.2 Å². The Morgan fingerprint density at radius 2 is 1.62 bits per heavy atom. The second-order valence-corrected chi connectivity index (χ2v) is 8.57. The molecule has 1 amide bonds. The first-order valence-corrected chi connectivity index (χ1v) is 10.4. The molecule has 5 nitrogen and oxygen atoms in total. The molecule has 0 unspecified atom stereocenters. The maximum atomic E-state index is 12.7. The third-order valence-electron chi connectivity index (χ3n) is 4.28. The molecule has 2 aromatic carbocycles. The number of carbonyl (C=O) groups excluding carboxylic acids is 1. The van der Waals surface area contributed by atoms with Gasteiger partial charge in [0.1, 0.15) is 6.04 Å². The van der Waals surface area contributed by atoms with Crippen molar-refractivity contribution in [2.45, 2.75) is 39.8 Å². The van der Waals surface area contributed by atoms with Gasteiger partial charge in [0.15, 0.2) is 0 Å². The summed E-state index contributed by atoms with van der Waals surface area (Å²) in [6.45, 7) is 7.36. The average molecular weight is 375 g/mol. The fraction of sp³-hybridized carbons (Fsp3) is 0.350. The van der Waals surface area contributed by atoms with Crippen LogP contribution in [0.1, 0.15) is 36.6 Å². The standard InChI is InChI=1S/C20H26N2O3S/c1-14-9-11-18(12-10-14)16(3)21-20(23)17(4)22(26(5,24)25)19-8-6-7-15(2)13-19/h6-13,16-17H,1-5H3,(H,21,23)/t16-,17-/m1/s1. The SMILES string of the molecule is Cc1ccc([C@@H](C)NC(=O)[C@@H](C)N(c2cccc(C)c2)S(C)(=O)=O)cc1. The summed E-state index contributed by atoms with van der Waals surface area (Å²) in [6, 6.07) is 13.9. The van der Waals surface area contributed by atoms with Gasteiger partial charge in [-0.3, -0.25) is 9.10 Å². The second-order valence-electron chi connectivity index (χ2n) is 6.71. The van der Waals surface area contributed by atoms with E-state index in [1.807, 2.05) is 51.1 Å². The van der Waals surface area contributed by atoms with Gasteiger partial charge in [0, 0.05) is 0 Å². The van der Waals surface area contributed by atoms with E-state index in [1.165, 1.54) is 0 Å². The topological polar surface area (TPSA) is 66.5 Å². The van der Waals surface area contributed by atoms with Gasteiger partial charge in [-0.2, -0.15) is 0 Å². The predicted molar refractivity (Wildman–Crippen MR) is 106 cm³/mol. The number of aryl methyl sites for hydroxylation is 2. The molecule has 1 N–H and O–H groups in total. The Labute approximate surface area is 156 Å². The molecule has 0 saturated carbocycles. The number of nitrogens with zero attached hydrogens (tertiary/aromatic N) is 1. The summed E-state index contributed by atoms with van der Waals surface area (Å²) >= 11 is 0. The Balaban J connectivity index is 2.23. The van der Waals surface area contributed by atoms with E-state index in [4.69, 9.17) is 0 Å². The Bertz CT molecular complexity index is 876. The van der Waals surface area contributed by atoms with Crippen molar-refractivity contribution in [3.8, 4) is 0 Å². The highest BCUT2D eigenvalue weighted by Gasteiger charge is 2.29. The van der Waals surface area contributed by atoms with E-state index in [2.05, 4.69) is 5.32 Å². The third kappa shape index (κ3) is 4.85. The Morgan fingerprint density at radius 1 is 1.00 bits per heavy atom. The number of hydrogen-bond acceptors (Lipinski definition) is 3. The summed E-state index contributed by atoms with van der Waals surface area (Å²) in [7, 11) is -3.61. The third-order valence-corrected chi connectivity index (χ3v) is 5.52. The van der Waals surface area contributed by atoms with Crippen LogP contribution in [0.5, 0.6) is 0 Å². The minimum Gasteiger partial charge on any atom is -0.348 e. The average Bonchev–Trinajstić information content (AvgIpc) is 2.54. The van der Waals surface area contributed by atoms with E-state index in [1.54, 1.807) is 25.1 Å². The molecule has 0 heterocycles. The summed E-state index contributed by atoms with van der Waals surface area (Å²) in [6.07, 6.45) is 1.11. The Morgan fingerprint density at radius 3 is 2.15 bits per heavy atom. The maximum absolute atomic E-state index is 12.7. The molecule has 0 aliphatic heterocycles. The molecule has 0 spiro atoms. The summed E-state index contributed by atoms with van der Waals surface area (Å²) < 4.78 is 25.8. The number of hydrogen-bond donors (Lipinski definition) is 1. The van der Waals surface area contributed by atoms with Gasteiger partial charge in [0.25, 0.3) is 0 Å². The first kappa shape index (κ1) is 20.0. The highest BCUT2D eigenvalue weighted by atomic mass is 32.2. The molecule has 0 aliphatic rings. The van der Waals surface area contributed by atoms with Crippen LogP contribution in [0.3, 0.4) is 0 Å². The minimum absolute atomic E-state index is 0.218. The van der Waals surface area contributed by atoms with Crippen molar-refractivity contribution in [2.75, 3.05) is 10.6 Å². The van der Waals surface area contributed by atoms with Crippen LogP contribution < -0.4 is 9.62 Å².